The van der Waals surface area contributed by atoms with Gasteiger partial charge in [-0.1, -0.05) is 57.2 Å². The van der Waals surface area contributed by atoms with Crippen LogP contribution in [0.2, 0.25) is 0 Å². The minimum atomic E-state index is 0.342. The van der Waals surface area contributed by atoms with E-state index in [4.69, 9.17) is 0 Å². The fraction of sp³-hybridized carbons (Fsp3) is 0.478. The summed E-state index contributed by atoms with van der Waals surface area (Å²) < 4.78 is 0. The Balaban J connectivity index is 1.78. The van der Waals surface area contributed by atoms with Crippen molar-refractivity contribution in [2.24, 2.45) is 5.41 Å². The van der Waals surface area contributed by atoms with Crippen LogP contribution in [0.25, 0.3) is 5.57 Å². The van der Waals surface area contributed by atoms with Gasteiger partial charge < -0.3 is 4.90 Å². The summed E-state index contributed by atoms with van der Waals surface area (Å²) in [6, 6.07) is 15.5. The summed E-state index contributed by atoms with van der Waals surface area (Å²) in [5, 5.41) is 0. The number of nitrogens with zero attached hydrogens (tertiary/aromatic N) is 1. The first-order valence-electron chi connectivity index (χ1n) is 9.58. The molecule has 1 saturated heterocycles. The molecular formula is C23H31NS. The number of likely N-dealkylation sites (tertiary alicyclic amines) is 1. The average molecular weight is 354 g/mol. The molecule has 0 atom stereocenters. The van der Waals surface area contributed by atoms with E-state index < -0.39 is 0 Å². The van der Waals surface area contributed by atoms with Crippen LogP contribution in [0.4, 0.5) is 0 Å². The van der Waals surface area contributed by atoms with E-state index in [0.717, 1.165) is 12.8 Å². The van der Waals surface area contributed by atoms with Gasteiger partial charge in [0, 0.05) is 16.3 Å². The number of hydrogen-bond donors (Lipinski definition) is 0. The molecule has 1 nitrogen and oxygen atoms in total. The first-order chi connectivity index (χ1) is 12.0. The lowest BCUT2D eigenvalue weighted by atomic mass is 9.92. The Kier molecular flexibility index (Phi) is 6.14. The summed E-state index contributed by atoms with van der Waals surface area (Å²) in [6.07, 6.45) is 7.48. The van der Waals surface area contributed by atoms with Crippen molar-refractivity contribution in [2.75, 3.05) is 19.6 Å². The summed E-state index contributed by atoms with van der Waals surface area (Å²) >= 11 is 1.96. The highest BCUT2D eigenvalue weighted by molar-refractivity contribution is 7.13. The van der Waals surface area contributed by atoms with Crippen LogP contribution in [0.5, 0.6) is 0 Å². The zero-order valence-electron chi connectivity index (χ0n) is 15.9. The van der Waals surface area contributed by atoms with Gasteiger partial charge in [-0.25, -0.2) is 0 Å². The molecule has 2 aromatic rings. The number of rotatable bonds is 6. The van der Waals surface area contributed by atoms with Crippen molar-refractivity contribution in [3.05, 3.63) is 63.9 Å². The van der Waals surface area contributed by atoms with Crippen molar-refractivity contribution in [2.45, 2.75) is 46.5 Å². The Morgan fingerprint density at radius 2 is 1.76 bits per heavy atom. The van der Waals surface area contributed by atoms with Gasteiger partial charge in [0.15, 0.2) is 0 Å². The molecule has 1 fully saturated rings. The van der Waals surface area contributed by atoms with Crippen LogP contribution in [0, 0.1) is 5.41 Å². The van der Waals surface area contributed by atoms with E-state index >= 15 is 0 Å². The molecular weight excluding hydrogens is 322 g/mol. The van der Waals surface area contributed by atoms with Crippen molar-refractivity contribution in [3.63, 3.8) is 0 Å². The summed E-state index contributed by atoms with van der Waals surface area (Å²) in [7, 11) is 0. The van der Waals surface area contributed by atoms with Crippen LogP contribution >= 0.6 is 11.3 Å². The highest BCUT2D eigenvalue weighted by Crippen LogP contribution is 2.33. The van der Waals surface area contributed by atoms with Crippen molar-refractivity contribution < 1.29 is 0 Å². The van der Waals surface area contributed by atoms with Crippen molar-refractivity contribution in [1.82, 2.24) is 4.90 Å². The SMILES string of the molecule is CC(C)(C)Cc1ccc(C(=CCCN2CCCC2)c2ccccc2)s1. The number of thiophene rings is 1. The second kappa shape index (κ2) is 8.33. The Hall–Kier alpha value is -1.38. The van der Waals surface area contributed by atoms with E-state index in [1.165, 1.54) is 53.4 Å². The molecule has 2 heterocycles. The lowest BCUT2D eigenvalue weighted by Gasteiger charge is -2.16. The average Bonchev–Trinajstić information content (AvgIpc) is 3.23. The summed E-state index contributed by atoms with van der Waals surface area (Å²) in [6.45, 7) is 10.7. The molecule has 1 aliphatic rings. The molecule has 0 saturated carbocycles. The molecule has 0 spiro atoms. The number of benzene rings is 1. The fourth-order valence-electron chi connectivity index (χ4n) is 3.52. The van der Waals surface area contributed by atoms with Gasteiger partial charge >= 0.3 is 0 Å². The summed E-state index contributed by atoms with van der Waals surface area (Å²) in [5.74, 6) is 0. The maximum Gasteiger partial charge on any atom is 0.0348 e. The Bertz CT molecular complexity index is 684. The largest absolute Gasteiger partial charge is 0.303 e. The molecule has 0 unspecified atom stereocenters. The molecule has 25 heavy (non-hydrogen) atoms. The first-order valence-corrected chi connectivity index (χ1v) is 10.4. The highest BCUT2D eigenvalue weighted by Gasteiger charge is 2.15. The standard InChI is InChI=1S/C23H31NS/c1-23(2,3)18-20-13-14-22(25-20)21(19-10-5-4-6-11-19)12-9-17-24-15-7-8-16-24/h4-6,10-14H,7-9,15-18H2,1-3H3. The first kappa shape index (κ1) is 18.4. The van der Waals surface area contributed by atoms with E-state index in [-0.39, 0.29) is 0 Å². The van der Waals surface area contributed by atoms with E-state index in [0.29, 0.717) is 5.41 Å². The molecule has 1 aliphatic heterocycles. The topological polar surface area (TPSA) is 3.24 Å². The van der Waals surface area contributed by atoms with E-state index in [1.54, 1.807) is 0 Å². The van der Waals surface area contributed by atoms with Gasteiger partial charge in [0.1, 0.15) is 0 Å². The third-order valence-electron chi connectivity index (χ3n) is 4.71. The monoisotopic (exact) mass is 353 g/mol. The predicted octanol–water partition coefficient (Wildman–Crippen LogP) is 6.25. The van der Waals surface area contributed by atoms with Gasteiger partial charge in [0.25, 0.3) is 0 Å². The maximum absolute atomic E-state index is 2.60. The molecule has 2 heteroatoms. The normalized spacial score (nSPS) is 16.5. The highest BCUT2D eigenvalue weighted by atomic mass is 32.1. The van der Waals surface area contributed by atoms with Crippen molar-refractivity contribution in [1.29, 1.82) is 0 Å². The summed E-state index contributed by atoms with van der Waals surface area (Å²) in [4.78, 5) is 5.49. The van der Waals surface area contributed by atoms with Crippen molar-refractivity contribution in [3.8, 4) is 0 Å². The van der Waals surface area contributed by atoms with Crippen LogP contribution in [0.15, 0.2) is 48.5 Å². The van der Waals surface area contributed by atoms with Gasteiger partial charge in [-0.3, -0.25) is 0 Å². The van der Waals surface area contributed by atoms with E-state index in [1.807, 2.05) is 11.3 Å². The second-order valence-electron chi connectivity index (χ2n) is 8.32. The van der Waals surface area contributed by atoms with Gasteiger partial charge in [0.2, 0.25) is 0 Å². The maximum atomic E-state index is 2.60. The van der Waals surface area contributed by atoms with Crippen molar-refractivity contribution >= 4 is 16.9 Å². The van der Waals surface area contributed by atoms with Crippen LogP contribution < -0.4 is 0 Å². The van der Waals surface area contributed by atoms with Crippen LogP contribution in [0.1, 0.15) is 55.4 Å². The Morgan fingerprint density at radius 1 is 1.04 bits per heavy atom. The quantitative estimate of drug-likeness (QED) is 0.593. The van der Waals surface area contributed by atoms with E-state index in [2.05, 4.69) is 74.2 Å². The molecule has 3 rings (SSSR count). The van der Waals surface area contributed by atoms with Gasteiger partial charge in [-0.15, -0.1) is 11.3 Å². The van der Waals surface area contributed by atoms with Gasteiger partial charge in [0.05, 0.1) is 0 Å². The lowest BCUT2D eigenvalue weighted by Crippen LogP contribution is -2.19. The Morgan fingerprint density at radius 3 is 2.44 bits per heavy atom. The van der Waals surface area contributed by atoms with Gasteiger partial charge in [-0.05, 0) is 67.5 Å². The third kappa shape index (κ3) is 5.55. The molecule has 1 aromatic heterocycles. The molecule has 1 aromatic carbocycles. The molecule has 0 amide bonds. The minimum absolute atomic E-state index is 0.342. The van der Waals surface area contributed by atoms with Gasteiger partial charge in [-0.2, -0.15) is 0 Å². The smallest absolute Gasteiger partial charge is 0.0348 e. The summed E-state index contributed by atoms with van der Waals surface area (Å²) in [5.41, 5.74) is 3.09. The zero-order chi connectivity index (χ0) is 17.7. The molecule has 0 bridgehead atoms. The van der Waals surface area contributed by atoms with Crippen LogP contribution in [-0.4, -0.2) is 24.5 Å². The van der Waals surface area contributed by atoms with Crippen LogP contribution in [0.3, 0.4) is 0 Å². The molecule has 0 N–H and O–H groups in total. The number of hydrogen-bond acceptors (Lipinski definition) is 2. The Labute approximate surface area is 157 Å². The zero-order valence-corrected chi connectivity index (χ0v) is 16.7. The molecule has 0 radical (unpaired) electrons. The lowest BCUT2D eigenvalue weighted by molar-refractivity contribution is 0.346. The molecule has 134 valence electrons. The van der Waals surface area contributed by atoms with E-state index in [9.17, 15) is 0 Å². The van der Waals surface area contributed by atoms with Crippen LogP contribution in [-0.2, 0) is 6.42 Å². The fourth-order valence-corrected chi connectivity index (χ4v) is 4.89. The second-order valence-corrected chi connectivity index (χ2v) is 9.49. The predicted molar refractivity (Wildman–Crippen MR) is 111 cm³/mol. The third-order valence-corrected chi connectivity index (χ3v) is 5.83. The molecule has 0 aliphatic carbocycles. The minimum Gasteiger partial charge on any atom is -0.303 e.